The van der Waals surface area contributed by atoms with Gasteiger partial charge in [0.1, 0.15) is 10.3 Å². The molecule has 0 fully saturated rings. The number of nitrogens with one attached hydrogen (secondary N) is 3. The number of benzene rings is 2. The van der Waals surface area contributed by atoms with E-state index in [0.29, 0.717) is 15.1 Å². The second-order valence-electron chi connectivity index (χ2n) is 5.82. The number of aromatic amines is 1. The lowest BCUT2D eigenvalue weighted by Crippen LogP contribution is -2.29. The Morgan fingerprint density at radius 2 is 1.82 bits per heavy atom. The number of aromatic nitrogens is 2. The van der Waals surface area contributed by atoms with E-state index in [1.54, 1.807) is 24.3 Å². The number of ether oxygens (including phenoxy) is 1. The molecule has 0 spiro atoms. The molecule has 1 atom stereocenters. The van der Waals surface area contributed by atoms with Gasteiger partial charge in [-0.15, -0.1) is 5.10 Å². The SMILES string of the molecule is C[C@@H](NC(=O)Oc1n[nH]c(NC(=O)c2ccccc2Cl)c1Br)c1ccccc1. The van der Waals surface area contributed by atoms with Crippen LogP contribution in [0.15, 0.2) is 59.1 Å². The fourth-order valence-corrected chi connectivity index (χ4v) is 2.99. The molecule has 0 radical (unpaired) electrons. The Morgan fingerprint density at radius 3 is 2.54 bits per heavy atom. The Hall–Kier alpha value is -2.84. The van der Waals surface area contributed by atoms with Crippen LogP contribution in [0.2, 0.25) is 5.02 Å². The van der Waals surface area contributed by atoms with Gasteiger partial charge in [0.05, 0.1) is 16.6 Å². The molecule has 0 aliphatic heterocycles. The van der Waals surface area contributed by atoms with Gasteiger partial charge in [0, 0.05) is 0 Å². The van der Waals surface area contributed by atoms with E-state index in [-0.39, 0.29) is 17.7 Å². The van der Waals surface area contributed by atoms with E-state index in [0.717, 1.165) is 5.56 Å². The third-order valence-electron chi connectivity index (χ3n) is 3.86. The number of hydrogen-bond donors (Lipinski definition) is 3. The summed E-state index contributed by atoms with van der Waals surface area (Å²) < 4.78 is 5.51. The molecule has 28 heavy (non-hydrogen) atoms. The zero-order valence-corrected chi connectivity index (χ0v) is 17.0. The average molecular weight is 464 g/mol. The van der Waals surface area contributed by atoms with Crippen LogP contribution in [0, 0.1) is 0 Å². The monoisotopic (exact) mass is 462 g/mol. The van der Waals surface area contributed by atoms with Gasteiger partial charge in [0.2, 0.25) is 0 Å². The molecule has 3 N–H and O–H groups in total. The molecule has 7 nitrogen and oxygen atoms in total. The normalized spacial score (nSPS) is 11.5. The number of hydrogen-bond acceptors (Lipinski definition) is 4. The number of rotatable bonds is 5. The van der Waals surface area contributed by atoms with Crippen molar-refractivity contribution in [1.29, 1.82) is 0 Å². The third kappa shape index (κ3) is 4.71. The van der Waals surface area contributed by atoms with Gasteiger partial charge in [0.25, 0.3) is 11.8 Å². The van der Waals surface area contributed by atoms with E-state index in [4.69, 9.17) is 16.3 Å². The van der Waals surface area contributed by atoms with Crippen LogP contribution in [0.5, 0.6) is 5.88 Å². The first-order valence-corrected chi connectivity index (χ1v) is 9.46. The quantitative estimate of drug-likeness (QED) is 0.500. The summed E-state index contributed by atoms with van der Waals surface area (Å²) in [5, 5.41) is 12.2. The van der Waals surface area contributed by atoms with E-state index in [2.05, 4.69) is 36.8 Å². The minimum Gasteiger partial charge on any atom is -0.388 e. The smallest absolute Gasteiger partial charge is 0.388 e. The van der Waals surface area contributed by atoms with Crippen molar-refractivity contribution in [2.75, 3.05) is 5.32 Å². The van der Waals surface area contributed by atoms with Crippen molar-refractivity contribution in [2.45, 2.75) is 13.0 Å². The number of amides is 2. The summed E-state index contributed by atoms with van der Waals surface area (Å²) in [6.07, 6.45) is -0.674. The first-order chi connectivity index (χ1) is 13.5. The summed E-state index contributed by atoms with van der Waals surface area (Å²) in [5.74, 6) is -0.195. The first-order valence-electron chi connectivity index (χ1n) is 8.28. The molecule has 144 valence electrons. The van der Waals surface area contributed by atoms with Crippen molar-refractivity contribution < 1.29 is 14.3 Å². The molecule has 0 aliphatic rings. The predicted molar refractivity (Wildman–Crippen MR) is 110 cm³/mol. The van der Waals surface area contributed by atoms with Crippen molar-refractivity contribution in [3.63, 3.8) is 0 Å². The average Bonchev–Trinajstić information content (AvgIpc) is 3.02. The molecule has 2 amide bonds. The van der Waals surface area contributed by atoms with Crippen molar-refractivity contribution in [3.05, 3.63) is 75.2 Å². The number of nitrogens with zero attached hydrogens (tertiary/aromatic N) is 1. The van der Waals surface area contributed by atoms with Crippen LogP contribution in [-0.4, -0.2) is 22.2 Å². The lowest BCUT2D eigenvalue weighted by molar-refractivity contribution is 0.102. The summed E-state index contributed by atoms with van der Waals surface area (Å²) in [7, 11) is 0. The van der Waals surface area contributed by atoms with Gasteiger partial charge in [-0.25, -0.2) is 4.79 Å². The summed E-state index contributed by atoms with van der Waals surface area (Å²) in [6, 6.07) is 15.9. The summed E-state index contributed by atoms with van der Waals surface area (Å²) in [6.45, 7) is 1.84. The predicted octanol–water partition coefficient (Wildman–Crippen LogP) is 4.93. The fourth-order valence-electron chi connectivity index (χ4n) is 2.41. The zero-order chi connectivity index (χ0) is 20.1. The summed E-state index contributed by atoms with van der Waals surface area (Å²) in [5.41, 5.74) is 1.25. The molecule has 0 saturated heterocycles. The Labute approximate surface area is 174 Å². The molecule has 3 aromatic rings. The van der Waals surface area contributed by atoms with Crippen molar-refractivity contribution >= 4 is 45.3 Å². The van der Waals surface area contributed by atoms with Crippen LogP contribution in [0.3, 0.4) is 0 Å². The molecular weight excluding hydrogens is 448 g/mol. The second-order valence-corrected chi connectivity index (χ2v) is 7.02. The van der Waals surface area contributed by atoms with Gasteiger partial charge in [-0.2, -0.15) is 0 Å². The standard InChI is InChI=1S/C19H16BrClN4O3/c1-11(12-7-3-2-4-8-12)22-19(27)28-18-15(20)16(24-25-18)23-17(26)13-9-5-6-10-14(13)21/h2-11H,1H3,(H,22,27)(H2,23,24,25,26)/t11-/m1/s1. The lowest BCUT2D eigenvalue weighted by atomic mass is 10.1. The molecule has 0 bridgehead atoms. The maximum atomic E-state index is 12.3. The molecule has 1 heterocycles. The summed E-state index contributed by atoms with van der Waals surface area (Å²) in [4.78, 5) is 24.5. The Kier molecular flexibility index (Phi) is 6.33. The topological polar surface area (TPSA) is 96.1 Å². The first kappa shape index (κ1) is 19.9. The molecule has 2 aromatic carbocycles. The van der Waals surface area contributed by atoms with E-state index < -0.39 is 12.0 Å². The molecular formula is C19H16BrClN4O3. The molecule has 9 heteroatoms. The Morgan fingerprint density at radius 1 is 1.14 bits per heavy atom. The zero-order valence-electron chi connectivity index (χ0n) is 14.7. The highest BCUT2D eigenvalue weighted by molar-refractivity contribution is 9.10. The van der Waals surface area contributed by atoms with Crippen LogP contribution in [0.25, 0.3) is 0 Å². The largest absolute Gasteiger partial charge is 0.414 e. The van der Waals surface area contributed by atoms with Gasteiger partial charge in [-0.05, 0) is 40.5 Å². The Balaban J connectivity index is 1.63. The van der Waals surface area contributed by atoms with Crippen LogP contribution in [0.4, 0.5) is 10.6 Å². The molecule has 0 unspecified atom stereocenters. The molecule has 1 aromatic heterocycles. The molecule has 0 aliphatic carbocycles. The van der Waals surface area contributed by atoms with Gasteiger partial charge in [-0.3, -0.25) is 9.89 Å². The van der Waals surface area contributed by atoms with Gasteiger partial charge in [0.15, 0.2) is 0 Å². The Bertz CT molecular complexity index is 994. The third-order valence-corrected chi connectivity index (χ3v) is 4.92. The maximum absolute atomic E-state index is 12.3. The number of carbonyl (C=O) groups excluding carboxylic acids is 2. The highest BCUT2D eigenvalue weighted by atomic mass is 79.9. The summed E-state index contributed by atoms with van der Waals surface area (Å²) >= 11 is 9.29. The van der Waals surface area contributed by atoms with E-state index >= 15 is 0 Å². The minimum absolute atomic E-state index is 0.00720. The number of halogens is 2. The van der Waals surface area contributed by atoms with Crippen LogP contribution < -0.4 is 15.4 Å². The fraction of sp³-hybridized carbons (Fsp3) is 0.105. The van der Waals surface area contributed by atoms with Crippen LogP contribution in [0.1, 0.15) is 28.9 Å². The van der Waals surface area contributed by atoms with Crippen LogP contribution >= 0.6 is 27.5 Å². The second kappa shape index (κ2) is 8.90. The van der Waals surface area contributed by atoms with Gasteiger partial charge in [-0.1, -0.05) is 54.1 Å². The lowest BCUT2D eigenvalue weighted by Gasteiger charge is -2.13. The van der Waals surface area contributed by atoms with E-state index in [1.807, 2.05) is 37.3 Å². The maximum Gasteiger partial charge on any atom is 0.414 e. The number of H-pyrrole nitrogens is 1. The van der Waals surface area contributed by atoms with Crippen molar-refractivity contribution in [3.8, 4) is 5.88 Å². The minimum atomic E-state index is -0.674. The van der Waals surface area contributed by atoms with Crippen molar-refractivity contribution in [2.24, 2.45) is 0 Å². The highest BCUT2D eigenvalue weighted by Gasteiger charge is 2.19. The van der Waals surface area contributed by atoms with Gasteiger partial charge >= 0.3 is 6.09 Å². The molecule has 0 saturated carbocycles. The van der Waals surface area contributed by atoms with E-state index in [1.165, 1.54) is 0 Å². The number of anilines is 1. The number of carbonyl (C=O) groups is 2. The van der Waals surface area contributed by atoms with E-state index in [9.17, 15) is 9.59 Å². The van der Waals surface area contributed by atoms with Crippen LogP contribution in [-0.2, 0) is 0 Å². The molecule has 3 rings (SSSR count). The van der Waals surface area contributed by atoms with Gasteiger partial charge < -0.3 is 15.4 Å². The van der Waals surface area contributed by atoms with Crippen molar-refractivity contribution in [1.82, 2.24) is 15.5 Å². The highest BCUT2D eigenvalue weighted by Crippen LogP contribution is 2.30.